The van der Waals surface area contributed by atoms with E-state index >= 15 is 0 Å². The number of benzene rings is 2. The van der Waals surface area contributed by atoms with Gasteiger partial charge in [-0.15, -0.1) is 0 Å². The van der Waals surface area contributed by atoms with Crippen molar-refractivity contribution in [2.75, 3.05) is 13.1 Å². The lowest BCUT2D eigenvalue weighted by atomic mass is 9.76. The Labute approximate surface area is 200 Å². The van der Waals surface area contributed by atoms with Crippen LogP contribution >= 0.6 is 0 Å². The van der Waals surface area contributed by atoms with Crippen LogP contribution in [-0.4, -0.2) is 46.1 Å². The highest BCUT2D eigenvalue weighted by Gasteiger charge is 2.60. The molecule has 174 valence electrons. The third-order valence-electron chi connectivity index (χ3n) is 7.51. The summed E-state index contributed by atoms with van der Waals surface area (Å²) in [4.78, 5) is 44.1. The highest BCUT2D eigenvalue weighted by atomic mass is 16.2. The Morgan fingerprint density at radius 1 is 0.912 bits per heavy atom. The molecule has 1 saturated heterocycles. The van der Waals surface area contributed by atoms with E-state index in [0.717, 1.165) is 28.7 Å². The van der Waals surface area contributed by atoms with Crippen LogP contribution in [0.1, 0.15) is 44.7 Å². The van der Waals surface area contributed by atoms with Gasteiger partial charge in [-0.3, -0.25) is 14.5 Å². The van der Waals surface area contributed by atoms with Crippen LogP contribution < -0.4 is 0 Å². The first-order chi connectivity index (χ1) is 16.3. The lowest BCUT2D eigenvalue weighted by Gasteiger charge is -2.39. The Morgan fingerprint density at radius 2 is 1.56 bits per heavy atom. The SMILES string of the molecule is CCCC12C=C3C(=C(c4ccccc4)C(=O)C3(C)C)CN1C(=O)N(CCc1ccccc1)C2=O. The fraction of sp³-hybridized carbons (Fsp3) is 0.345. The van der Waals surface area contributed by atoms with E-state index in [4.69, 9.17) is 0 Å². The van der Waals surface area contributed by atoms with Gasteiger partial charge in [0.25, 0.3) is 5.91 Å². The Morgan fingerprint density at radius 3 is 2.21 bits per heavy atom. The van der Waals surface area contributed by atoms with Gasteiger partial charge in [-0.2, -0.15) is 0 Å². The molecule has 5 nitrogen and oxygen atoms in total. The van der Waals surface area contributed by atoms with Crippen LogP contribution in [-0.2, 0) is 16.0 Å². The lowest BCUT2D eigenvalue weighted by Crippen LogP contribution is -2.52. The Hall–Kier alpha value is -3.47. The average molecular weight is 455 g/mol. The summed E-state index contributed by atoms with van der Waals surface area (Å²) >= 11 is 0. The van der Waals surface area contributed by atoms with Crippen molar-refractivity contribution in [2.24, 2.45) is 5.41 Å². The molecule has 0 spiro atoms. The molecule has 3 amide bonds. The number of carbonyl (C=O) groups is 3. The second kappa shape index (κ2) is 8.08. The number of fused-ring (bicyclic) bond motifs is 2. The van der Waals surface area contributed by atoms with E-state index in [1.807, 2.05) is 87.5 Å². The number of Topliss-reactive ketones (excluding diaryl/α,β-unsaturated/α-hetero) is 1. The standard InChI is InChI=1S/C29H30N2O3/c1-4-16-29-18-23-22(24(25(32)28(23,2)3)21-13-9-6-10-14-21)19-31(29)27(34)30(26(29)33)17-15-20-11-7-5-8-12-20/h5-14,18H,4,15-17,19H2,1-3H3. The molecule has 1 atom stereocenters. The van der Waals surface area contributed by atoms with E-state index in [9.17, 15) is 14.4 Å². The number of rotatable bonds is 6. The summed E-state index contributed by atoms with van der Waals surface area (Å²) < 4.78 is 0. The zero-order chi connectivity index (χ0) is 24.1. The van der Waals surface area contributed by atoms with Gasteiger partial charge in [0.1, 0.15) is 5.54 Å². The molecule has 0 N–H and O–H groups in total. The molecule has 5 rings (SSSR count). The van der Waals surface area contributed by atoms with Gasteiger partial charge >= 0.3 is 6.03 Å². The van der Waals surface area contributed by atoms with E-state index in [1.54, 1.807) is 4.90 Å². The van der Waals surface area contributed by atoms with Crippen LogP contribution in [0.15, 0.2) is 77.9 Å². The van der Waals surface area contributed by atoms with Crippen molar-refractivity contribution in [3.63, 3.8) is 0 Å². The second-order valence-electron chi connectivity index (χ2n) is 9.97. The molecule has 0 aromatic heterocycles. The van der Waals surface area contributed by atoms with Gasteiger partial charge in [0, 0.05) is 18.7 Å². The molecule has 5 heteroatoms. The van der Waals surface area contributed by atoms with Crippen LogP contribution in [0.2, 0.25) is 0 Å². The molecule has 2 aromatic rings. The molecule has 0 saturated carbocycles. The molecule has 2 heterocycles. The largest absolute Gasteiger partial charge is 0.328 e. The third-order valence-corrected chi connectivity index (χ3v) is 7.51. The minimum absolute atomic E-state index is 0.0496. The molecular weight excluding hydrogens is 424 g/mol. The van der Waals surface area contributed by atoms with E-state index < -0.39 is 11.0 Å². The number of amides is 3. The van der Waals surface area contributed by atoms with Crippen LogP contribution in [0.3, 0.4) is 0 Å². The molecule has 0 bridgehead atoms. The van der Waals surface area contributed by atoms with Crippen molar-refractivity contribution in [2.45, 2.75) is 45.6 Å². The number of carbonyl (C=O) groups excluding carboxylic acids is 3. The first-order valence-electron chi connectivity index (χ1n) is 12.1. The maximum Gasteiger partial charge on any atom is 0.328 e. The fourth-order valence-electron chi connectivity index (χ4n) is 5.70. The van der Waals surface area contributed by atoms with Crippen LogP contribution in [0, 0.1) is 5.41 Å². The topological polar surface area (TPSA) is 57.7 Å². The van der Waals surface area contributed by atoms with Crippen molar-refractivity contribution in [3.8, 4) is 0 Å². The molecule has 34 heavy (non-hydrogen) atoms. The number of hydrogen-bond acceptors (Lipinski definition) is 3. The first-order valence-corrected chi connectivity index (χ1v) is 12.1. The quantitative estimate of drug-likeness (QED) is 0.575. The summed E-state index contributed by atoms with van der Waals surface area (Å²) in [5.74, 6) is -0.119. The van der Waals surface area contributed by atoms with Crippen LogP contribution in [0.5, 0.6) is 0 Å². The number of hydrogen-bond donors (Lipinski definition) is 0. The molecule has 2 aliphatic heterocycles. The summed E-state index contributed by atoms with van der Waals surface area (Å²) in [7, 11) is 0. The van der Waals surface area contributed by atoms with E-state index in [0.29, 0.717) is 25.0 Å². The van der Waals surface area contributed by atoms with Gasteiger partial charge in [-0.05, 0) is 55.0 Å². The Bertz CT molecular complexity index is 1230. The van der Waals surface area contributed by atoms with Crippen molar-refractivity contribution in [1.29, 1.82) is 0 Å². The first kappa shape index (κ1) is 22.3. The van der Waals surface area contributed by atoms with Crippen LogP contribution in [0.4, 0.5) is 4.79 Å². The monoisotopic (exact) mass is 454 g/mol. The Kier molecular flexibility index (Phi) is 5.31. The molecular formula is C29H30N2O3. The average Bonchev–Trinajstić information content (AvgIpc) is 3.16. The van der Waals surface area contributed by atoms with Gasteiger partial charge in [0.05, 0.1) is 5.41 Å². The highest BCUT2D eigenvalue weighted by Crippen LogP contribution is 2.52. The maximum absolute atomic E-state index is 13.8. The predicted molar refractivity (Wildman–Crippen MR) is 132 cm³/mol. The normalized spacial score (nSPS) is 23.4. The zero-order valence-corrected chi connectivity index (χ0v) is 20.0. The smallest absolute Gasteiger partial charge is 0.302 e. The summed E-state index contributed by atoms with van der Waals surface area (Å²) in [5, 5.41) is 0. The van der Waals surface area contributed by atoms with Gasteiger partial charge in [-0.25, -0.2) is 4.79 Å². The fourth-order valence-corrected chi connectivity index (χ4v) is 5.70. The van der Waals surface area contributed by atoms with E-state index in [-0.39, 0.29) is 24.3 Å². The maximum atomic E-state index is 13.8. The summed E-state index contributed by atoms with van der Waals surface area (Å²) in [6.07, 6.45) is 3.87. The lowest BCUT2D eigenvalue weighted by molar-refractivity contribution is -0.131. The number of allylic oxidation sites excluding steroid dienone is 1. The number of urea groups is 1. The van der Waals surface area contributed by atoms with E-state index in [1.165, 1.54) is 4.90 Å². The molecule has 2 aromatic carbocycles. The summed E-state index contributed by atoms with van der Waals surface area (Å²) in [6.45, 7) is 6.51. The van der Waals surface area contributed by atoms with Crippen molar-refractivity contribution >= 4 is 23.3 Å². The predicted octanol–water partition coefficient (Wildman–Crippen LogP) is 5.03. The second-order valence-corrected chi connectivity index (χ2v) is 9.97. The molecule has 3 aliphatic rings. The summed E-state index contributed by atoms with van der Waals surface area (Å²) in [5.41, 5.74) is 2.63. The molecule has 0 radical (unpaired) electrons. The van der Waals surface area contributed by atoms with Crippen molar-refractivity contribution < 1.29 is 14.4 Å². The number of nitrogens with zero attached hydrogens (tertiary/aromatic N) is 2. The van der Waals surface area contributed by atoms with E-state index in [2.05, 4.69) is 0 Å². The molecule has 1 aliphatic carbocycles. The zero-order valence-electron chi connectivity index (χ0n) is 20.0. The third kappa shape index (κ3) is 3.17. The van der Waals surface area contributed by atoms with Gasteiger partial charge in [0.2, 0.25) is 0 Å². The van der Waals surface area contributed by atoms with Crippen molar-refractivity contribution in [3.05, 3.63) is 89.0 Å². The number of ketones is 1. The minimum Gasteiger partial charge on any atom is -0.302 e. The van der Waals surface area contributed by atoms with Gasteiger partial charge in [-0.1, -0.05) is 74.0 Å². The highest BCUT2D eigenvalue weighted by molar-refractivity contribution is 6.29. The number of imide groups is 1. The Balaban J connectivity index is 1.59. The summed E-state index contributed by atoms with van der Waals surface area (Å²) in [6, 6.07) is 19.3. The van der Waals surface area contributed by atoms with Gasteiger partial charge in [0.15, 0.2) is 5.78 Å². The van der Waals surface area contributed by atoms with Crippen molar-refractivity contribution in [1.82, 2.24) is 9.80 Å². The molecule has 1 unspecified atom stereocenters. The van der Waals surface area contributed by atoms with Gasteiger partial charge < -0.3 is 4.90 Å². The molecule has 1 fully saturated rings. The minimum atomic E-state index is -1.02. The van der Waals surface area contributed by atoms with Crippen LogP contribution in [0.25, 0.3) is 5.57 Å².